The normalized spacial score (nSPS) is 12.6. The summed E-state index contributed by atoms with van der Waals surface area (Å²) >= 11 is -2.06. The average Bonchev–Trinajstić information content (AvgIpc) is 2.29. The van der Waals surface area contributed by atoms with Gasteiger partial charge >= 0.3 is 5.63 Å². The minimum absolute atomic E-state index is 0.408. The standard InChI is InChI=1S/C11H11NO4S/c1-2-12(17(14)15)9-4-5-10-8(7-9)3-6-11(13)16-10/h3-7H,2H2,1H3,(H,14,15). The van der Waals surface area contributed by atoms with Crippen LogP contribution in [0.2, 0.25) is 0 Å². The van der Waals surface area contributed by atoms with Crippen molar-refractivity contribution in [3.8, 4) is 0 Å². The van der Waals surface area contributed by atoms with Gasteiger partial charge in [0.05, 0.1) is 5.69 Å². The zero-order valence-electron chi connectivity index (χ0n) is 9.12. The monoisotopic (exact) mass is 253 g/mol. The second-order valence-electron chi connectivity index (χ2n) is 3.40. The average molecular weight is 253 g/mol. The summed E-state index contributed by atoms with van der Waals surface area (Å²) in [5, 5.41) is 0.714. The van der Waals surface area contributed by atoms with Crippen molar-refractivity contribution in [2.45, 2.75) is 6.92 Å². The molecule has 1 heterocycles. The molecule has 0 aliphatic carbocycles. The molecule has 1 aromatic heterocycles. The summed E-state index contributed by atoms with van der Waals surface area (Å²) in [5.74, 6) is 0. The molecule has 1 unspecified atom stereocenters. The Balaban J connectivity index is 2.54. The van der Waals surface area contributed by atoms with Crippen molar-refractivity contribution in [3.05, 3.63) is 40.8 Å². The highest BCUT2D eigenvalue weighted by molar-refractivity contribution is 7.80. The third-order valence-electron chi connectivity index (χ3n) is 2.37. The second kappa shape index (κ2) is 4.68. The van der Waals surface area contributed by atoms with Gasteiger partial charge in [-0.1, -0.05) is 0 Å². The van der Waals surface area contributed by atoms with Crippen LogP contribution in [0, 0.1) is 0 Å². The minimum atomic E-state index is -2.06. The minimum Gasteiger partial charge on any atom is -0.423 e. The van der Waals surface area contributed by atoms with Crippen molar-refractivity contribution in [3.63, 3.8) is 0 Å². The molecule has 1 atom stereocenters. The Bertz CT molecular complexity index is 622. The van der Waals surface area contributed by atoms with Gasteiger partial charge in [-0.3, -0.25) is 8.86 Å². The van der Waals surface area contributed by atoms with E-state index in [1.165, 1.54) is 10.4 Å². The van der Waals surface area contributed by atoms with Crippen LogP contribution in [-0.2, 0) is 11.3 Å². The van der Waals surface area contributed by atoms with Gasteiger partial charge in [0.15, 0.2) is 0 Å². The first-order valence-corrected chi connectivity index (χ1v) is 6.10. The predicted molar refractivity (Wildman–Crippen MR) is 66.3 cm³/mol. The van der Waals surface area contributed by atoms with E-state index in [4.69, 9.17) is 8.97 Å². The number of fused-ring (bicyclic) bond motifs is 1. The number of benzene rings is 1. The molecule has 0 spiro atoms. The molecule has 1 aromatic carbocycles. The van der Waals surface area contributed by atoms with Gasteiger partial charge < -0.3 is 4.42 Å². The maximum absolute atomic E-state index is 11.1. The lowest BCUT2D eigenvalue weighted by Crippen LogP contribution is -2.24. The Morgan fingerprint density at radius 1 is 1.35 bits per heavy atom. The molecule has 0 fully saturated rings. The second-order valence-corrected chi connectivity index (χ2v) is 4.30. The summed E-state index contributed by atoms with van der Waals surface area (Å²) in [7, 11) is 0. The van der Waals surface area contributed by atoms with Crippen molar-refractivity contribution < 1.29 is 13.2 Å². The Hall–Kier alpha value is -1.66. The molecule has 0 amide bonds. The highest BCUT2D eigenvalue weighted by Crippen LogP contribution is 2.21. The SMILES string of the molecule is CCN(c1ccc2oc(=O)ccc2c1)S(=O)O. The van der Waals surface area contributed by atoms with E-state index >= 15 is 0 Å². The zero-order chi connectivity index (χ0) is 12.4. The van der Waals surface area contributed by atoms with E-state index in [2.05, 4.69) is 0 Å². The summed E-state index contributed by atoms with van der Waals surface area (Å²) < 4.78 is 26.5. The molecule has 0 radical (unpaired) electrons. The van der Waals surface area contributed by atoms with Crippen LogP contribution in [0.3, 0.4) is 0 Å². The van der Waals surface area contributed by atoms with E-state index in [0.29, 0.717) is 23.2 Å². The van der Waals surface area contributed by atoms with Crippen LogP contribution in [0.5, 0.6) is 0 Å². The molecule has 0 aliphatic heterocycles. The van der Waals surface area contributed by atoms with Crippen LogP contribution in [0.15, 0.2) is 39.5 Å². The lowest BCUT2D eigenvalue weighted by Gasteiger charge is -2.17. The molecule has 0 bridgehead atoms. The largest absolute Gasteiger partial charge is 0.423 e. The van der Waals surface area contributed by atoms with Crippen LogP contribution in [-0.4, -0.2) is 15.3 Å². The van der Waals surface area contributed by atoms with Gasteiger partial charge in [0.2, 0.25) is 0 Å². The number of hydrogen-bond acceptors (Lipinski definition) is 3. The Kier molecular flexibility index (Phi) is 3.26. The van der Waals surface area contributed by atoms with Gasteiger partial charge in [0.25, 0.3) is 11.3 Å². The molecular weight excluding hydrogens is 242 g/mol. The Morgan fingerprint density at radius 2 is 2.12 bits per heavy atom. The maximum atomic E-state index is 11.1. The van der Waals surface area contributed by atoms with Crippen LogP contribution >= 0.6 is 0 Å². The van der Waals surface area contributed by atoms with Crippen molar-refractivity contribution >= 4 is 27.9 Å². The van der Waals surface area contributed by atoms with Gasteiger partial charge in [0, 0.05) is 18.0 Å². The fourth-order valence-corrected chi connectivity index (χ4v) is 2.11. The first kappa shape index (κ1) is 11.8. The highest BCUT2D eigenvalue weighted by Gasteiger charge is 2.10. The van der Waals surface area contributed by atoms with Crippen LogP contribution < -0.4 is 9.93 Å². The summed E-state index contributed by atoms with van der Waals surface area (Å²) in [5.41, 5.74) is 0.652. The number of rotatable bonds is 3. The molecule has 0 saturated carbocycles. The lowest BCUT2D eigenvalue weighted by molar-refractivity contribution is 0.558. The van der Waals surface area contributed by atoms with Crippen LogP contribution in [0.25, 0.3) is 11.0 Å². The fourth-order valence-electron chi connectivity index (χ4n) is 1.60. The van der Waals surface area contributed by atoms with Gasteiger partial charge in [-0.25, -0.2) is 9.00 Å². The van der Waals surface area contributed by atoms with Gasteiger partial charge in [0.1, 0.15) is 5.58 Å². The molecule has 1 N–H and O–H groups in total. The topological polar surface area (TPSA) is 70.8 Å². The number of hydrogen-bond donors (Lipinski definition) is 1. The van der Waals surface area contributed by atoms with Gasteiger partial charge in [-0.15, -0.1) is 0 Å². The summed E-state index contributed by atoms with van der Waals surface area (Å²) in [4.78, 5) is 11.0. The Morgan fingerprint density at radius 3 is 2.76 bits per heavy atom. The van der Waals surface area contributed by atoms with Crippen molar-refractivity contribution in [1.29, 1.82) is 0 Å². The third kappa shape index (κ3) is 2.37. The predicted octanol–water partition coefficient (Wildman–Crippen LogP) is 1.76. The first-order chi connectivity index (χ1) is 8.11. The summed E-state index contributed by atoms with van der Waals surface area (Å²) in [6.45, 7) is 2.19. The molecule has 2 aromatic rings. The third-order valence-corrected chi connectivity index (χ3v) is 3.21. The molecule has 6 heteroatoms. The van der Waals surface area contributed by atoms with E-state index < -0.39 is 16.9 Å². The fraction of sp³-hybridized carbons (Fsp3) is 0.182. The number of nitrogens with zero attached hydrogens (tertiary/aromatic N) is 1. The molecule has 5 nitrogen and oxygen atoms in total. The maximum Gasteiger partial charge on any atom is 0.336 e. The molecule has 0 saturated heterocycles. The molecular formula is C11H11NO4S. The van der Waals surface area contributed by atoms with Gasteiger partial charge in [-0.2, -0.15) is 0 Å². The molecule has 0 aliphatic rings. The summed E-state index contributed by atoms with van der Waals surface area (Å²) in [6, 6.07) is 7.90. The quantitative estimate of drug-likeness (QED) is 0.668. The van der Waals surface area contributed by atoms with Crippen molar-refractivity contribution in [2.75, 3.05) is 10.8 Å². The molecule has 2 rings (SSSR count). The number of anilines is 1. The van der Waals surface area contributed by atoms with E-state index in [1.54, 1.807) is 31.2 Å². The van der Waals surface area contributed by atoms with Crippen molar-refractivity contribution in [1.82, 2.24) is 0 Å². The highest BCUT2D eigenvalue weighted by atomic mass is 32.2. The smallest absolute Gasteiger partial charge is 0.336 e. The molecule has 90 valence electrons. The van der Waals surface area contributed by atoms with Crippen molar-refractivity contribution in [2.24, 2.45) is 0 Å². The first-order valence-electron chi connectivity index (χ1n) is 5.04. The van der Waals surface area contributed by atoms with Gasteiger partial charge in [-0.05, 0) is 31.2 Å². The lowest BCUT2D eigenvalue weighted by atomic mass is 10.2. The van der Waals surface area contributed by atoms with E-state index in [9.17, 15) is 9.00 Å². The van der Waals surface area contributed by atoms with Crippen LogP contribution in [0.1, 0.15) is 6.92 Å². The van der Waals surface area contributed by atoms with E-state index in [-0.39, 0.29) is 0 Å². The molecule has 17 heavy (non-hydrogen) atoms. The Labute approximate surface area is 100 Å². The summed E-state index contributed by atoms with van der Waals surface area (Å²) in [6.07, 6.45) is 0. The zero-order valence-corrected chi connectivity index (χ0v) is 9.94. The van der Waals surface area contributed by atoms with E-state index in [1.807, 2.05) is 0 Å². The van der Waals surface area contributed by atoms with E-state index in [0.717, 1.165) is 0 Å². The van der Waals surface area contributed by atoms with Crippen LogP contribution in [0.4, 0.5) is 5.69 Å².